The number of carbonyl (C=O) groups is 5. The van der Waals surface area contributed by atoms with Crippen molar-refractivity contribution in [3.8, 4) is 0 Å². The summed E-state index contributed by atoms with van der Waals surface area (Å²) in [5.41, 5.74) is 8.20. The predicted molar refractivity (Wildman–Crippen MR) is 482 cm³/mol. The molecule has 29 heteroatoms. The SMILES string of the molecule is CC(C)(C)C(CCCCN)C(=O)O.CC(C)(C)CC(=O)CCCOCCO.CC(C)(C)CCC1=NN=NC1.CC(C)(C)CCCCS(C)(=O)=O.CC(C)(C)CCCS(C)(=O)=O.CC(C)(C)CCO.CC(C)(C)CCOCCOCCC(=O)O.CC(C)(C)CCS(N)(=O)=O.CN1CCN(C(=O)CC(C)(C)C)CC1.COC(=O)CC(C)(C)C. The molecular formula is C87H183N7O19S3. The first-order valence-corrected chi connectivity index (χ1v) is 47.6. The number of amides is 1. The Hall–Kier alpha value is -3.65. The van der Waals surface area contributed by atoms with Gasteiger partial charge in [0.2, 0.25) is 15.9 Å². The minimum absolute atomic E-state index is 0.0481. The van der Waals surface area contributed by atoms with Crippen molar-refractivity contribution in [2.24, 2.45) is 86.4 Å². The van der Waals surface area contributed by atoms with Crippen molar-refractivity contribution in [1.82, 2.24) is 9.80 Å². The highest BCUT2D eigenvalue weighted by Gasteiger charge is 2.30. The fourth-order valence-corrected chi connectivity index (χ4v) is 11.5. The van der Waals surface area contributed by atoms with Crippen LogP contribution in [0.15, 0.2) is 15.4 Å². The van der Waals surface area contributed by atoms with Crippen molar-refractivity contribution < 1.29 is 88.6 Å². The number of sulfone groups is 2. The summed E-state index contributed by atoms with van der Waals surface area (Å²) in [4.78, 5) is 59.1. The molecule has 26 nitrogen and oxygen atoms in total. The second kappa shape index (κ2) is 65.1. The summed E-state index contributed by atoms with van der Waals surface area (Å²) in [6, 6.07) is 0. The van der Waals surface area contributed by atoms with Crippen molar-refractivity contribution in [3.63, 3.8) is 0 Å². The molecule has 0 radical (unpaired) electrons. The Morgan fingerprint density at radius 2 is 0.897 bits per heavy atom. The van der Waals surface area contributed by atoms with Crippen molar-refractivity contribution in [3.05, 3.63) is 0 Å². The second-order valence-electron chi connectivity index (χ2n) is 42.4. The van der Waals surface area contributed by atoms with Gasteiger partial charge in [0.25, 0.3) is 0 Å². The zero-order valence-electron chi connectivity index (χ0n) is 80.6. The third kappa shape index (κ3) is 126. The molecule has 8 N–H and O–H groups in total. The minimum Gasteiger partial charge on any atom is -0.481 e. The van der Waals surface area contributed by atoms with Gasteiger partial charge in [0.05, 0.1) is 70.4 Å². The zero-order chi connectivity index (χ0) is 93.1. The van der Waals surface area contributed by atoms with E-state index in [0.29, 0.717) is 117 Å². The molecule has 698 valence electrons. The Balaban J connectivity index is -0.000000187. The number of aliphatic hydroxyl groups is 2. The number of likely N-dealkylation sites (N-methyl/N-ethyl adjacent to an activating group) is 1. The topological polar surface area (TPSA) is 401 Å². The number of carboxylic acid groups (broad SMARTS) is 2. The molecular weight excluding hydrogens is 1540 g/mol. The van der Waals surface area contributed by atoms with Crippen LogP contribution < -0.4 is 10.9 Å². The van der Waals surface area contributed by atoms with E-state index in [1.165, 1.54) is 19.6 Å². The first kappa shape index (κ1) is 128. The van der Waals surface area contributed by atoms with Gasteiger partial charge in [-0.05, 0) is 150 Å². The number of ether oxygens (including phenoxy) is 4. The molecule has 1 atom stereocenters. The number of ketones is 1. The summed E-state index contributed by atoms with van der Waals surface area (Å²) >= 11 is 0. The Labute approximate surface area is 711 Å². The molecule has 1 amide bonds. The smallest absolute Gasteiger partial charge is 0.307 e. The van der Waals surface area contributed by atoms with E-state index in [2.05, 4.69) is 178 Å². The number of piperazine rings is 1. The number of carboxylic acids is 2. The first-order chi connectivity index (χ1) is 51.9. The fourth-order valence-electron chi connectivity index (χ4n) is 9.18. The Morgan fingerprint density at radius 3 is 1.22 bits per heavy atom. The predicted octanol–water partition coefficient (Wildman–Crippen LogP) is 17.2. The van der Waals surface area contributed by atoms with E-state index in [0.717, 1.165) is 129 Å². The van der Waals surface area contributed by atoms with Crippen molar-refractivity contribution in [2.45, 2.75) is 330 Å². The average Bonchev–Trinajstić information content (AvgIpc) is 1.07. The summed E-state index contributed by atoms with van der Waals surface area (Å²) in [5.74, 6) is -0.561. The van der Waals surface area contributed by atoms with Crippen LogP contribution >= 0.6 is 0 Å². The van der Waals surface area contributed by atoms with Crippen LogP contribution in [0.3, 0.4) is 0 Å². The molecule has 2 aliphatic heterocycles. The second-order valence-corrected chi connectivity index (χ2v) is 48.7. The van der Waals surface area contributed by atoms with Crippen LogP contribution in [0.5, 0.6) is 0 Å². The molecule has 0 aromatic heterocycles. The largest absolute Gasteiger partial charge is 0.481 e. The van der Waals surface area contributed by atoms with Gasteiger partial charge in [-0.2, -0.15) is 5.11 Å². The van der Waals surface area contributed by atoms with Crippen molar-refractivity contribution in [2.75, 3.05) is 136 Å². The third-order valence-electron chi connectivity index (χ3n) is 16.1. The summed E-state index contributed by atoms with van der Waals surface area (Å²) < 4.78 is 83.8. The van der Waals surface area contributed by atoms with E-state index < -0.39 is 41.6 Å². The van der Waals surface area contributed by atoms with Gasteiger partial charge >= 0.3 is 17.9 Å². The van der Waals surface area contributed by atoms with E-state index >= 15 is 0 Å². The van der Waals surface area contributed by atoms with Gasteiger partial charge in [0, 0.05) is 89.3 Å². The standard InChI is InChI=1S/C11H22N2O.C11H22O4.C11H22O3.C10H21NO2.C9H20O2S.C8H15N3.C8H18O2S.C7H14O2.C6H15NO2S.C6H14O/c1-11(2,3)9-10(14)13-7-5-12(4)6-8-13;1-11(2,3)5-7-15-9-8-14-6-4-10(12)13;1-11(2,3)9-10(13)5-4-7-14-8-6-12;1-10(2,3)8(9(12)13)6-4-5-7-11;1-9(2,3)7-5-6-8-12(4,10)11;1-8(2,3)5-4-7-6-9-11-10-7;1-8(2,3)6-5-7-11(4,9)10;1-7(2,3)5-6(8)9-4;1-6(2,3)4-5-10(7,8)9;1-6(2,3)4-5-7/h5-9H2,1-4H3;4-9H2,1-3H3,(H,12,13);12H,4-9H2,1-3H3;8H,4-7,11H2,1-3H3,(H,12,13);5-8H2,1-4H3;4-6H2,1-3H3;5-7H2,1-4H3;5H2,1-4H3;4-5H2,1-3H3,(H2,7,8,9);7H,4-5H2,1-3H3. The molecule has 1 fully saturated rings. The van der Waals surface area contributed by atoms with Gasteiger partial charge in [-0.3, -0.25) is 24.0 Å². The highest BCUT2D eigenvalue weighted by atomic mass is 32.2. The Bertz CT molecular complexity index is 2920. The molecule has 2 rings (SSSR count). The van der Waals surface area contributed by atoms with Crippen LogP contribution in [0, 0.1) is 60.1 Å². The lowest BCUT2D eigenvalue weighted by atomic mass is 9.78. The molecule has 0 saturated carbocycles. The molecule has 0 spiro atoms. The van der Waals surface area contributed by atoms with Crippen LogP contribution in [0.4, 0.5) is 0 Å². The van der Waals surface area contributed by atoms with Gasteiger partial charge in [-0.1, -0.05) is 221 Å². The number of rotatable bonds is 34. The quantitative estimate of drug-likeness (QED) is 0.0257. The molecule has 0 aromatic carbocycles. The van der Waals surface area contributed by atoms with E-state index in [1.807, 2.05) is 67.2 Å². The lowest BCUT2D eigenvalue weighted by Crippen LogP contribution is -2.47. The molecule has 1 saturated heterocycles. The number of Topliss-reactive ketones (excluding diaryl/α,β-unsaturated/α-hetero) is 1. The Morgan fingerprint density at radius 1 is 0.466 bits per heavy atom. The van der Waals surface area contributed by atoms with Crippen LogP contribution in [0.2, 0.25) is 0 Å². The summed E-state index contributed by atoms with van der Waals surface area (Å²) in [5, 5.41) is 50.2. The van der Waals surface area contributed by atoms with E-state index in [9.17, 15) is 49.2 Å². The van der Waals surface area contributed by atoms with Crippen LogP contribution in [-0.4, -0.2) is 227 Å². The van der Waals surface area contributed by atoms with Gasteiger partial charge in [-0.25, -0.2) is 30.4 Å². The lowest BCUT2D eigenvalue weighted by molar-refractivity contribution is -0.146. The lowest BCUT2D eigenvalue weighted by Gasteiger charge is -2.34. The van der Waals surface area contributed by atoms with Gasteiger partial charge in [0.1, 0.15) is 32.0 Å². The van der Waals surface area contributed by atoms with E-state index in [-0.39, 0.29) is 69.8 Å². The van der Waals surface area contributed by atoms with Gasteiger partial charge < -0.3 is 54.9 Å². The van der Waals surface area contributed by atoms with Crippen LogP contribution in [0.1, 0.15) is 330 Å². The molecule has 0 aromatic rings. The van der Waals surface area contributed by atoms with E-state index in [4.69, 9.17) is 45.5 Å². The molecule has 1 unspecified atom stereocenters. The highest BCUT2D eigenvalue weighted by molar-refractivity contribution is 7.91. The summed E-state index contributed by atoms with van der Waals surface area (Å²) in [6.07, 6.45) is 17.7. The average molecular weight is 1730 g/mol. The number of primary sulfonamides is 1. The fraction of sp³-hybridized carbons (Fsp3) is 0.931. The zero-order valence-corrected chi connectivity index (χ0v) is 83.0. The van der Waals surface area contributed by atoms with Gasteiger partial charge in [0.15, 0.2) is 0 Å². The minimum atomic E-state index is -3.26. The number of hydrogen-bond donors (Lipinski definition) is 6. The summed E-state index contributed by atoms with van der Waals surface area (Å²) in [7, 11) is -5.23. The number of sulfonamides is 1. The van der Waals surface area contributed by atoms with Crippen LogP contribution in [0.25, 0.3) is 0 Å². The number of esters is 1. The number of unbranched alkanes of at least 4 members (excludes halogenated alkanes) is 2. The highest BCUT2D eigenvalue weighted by Crippen LogP contribution is 2.31. The first-order valence-electron chi connectivity index (χ1n) is 41.8. The van der Waals surface area contributed by atoms with Gasteiger partial charge in [-0.15, -0.1) is 5.10 Å². The maximum Gasteiger partial charge on any atom is 0.307 e. The number of nitrogens with two attached hydrogens (primary N) is 2. The number of carbonyl (C=O) groups excluding carboxylic acids is 3. The number of aliphatic hydroxyl groups excluding tert-OH is 2. The monoisotopic (exact) mass is 1730 g/mol. The molecule has 0 aliphatic carbocycles. The van der Waals surface area contributed by atoms with Crippen LogP contribution in [-0.2, 0) is 72.6 Å². The van der Waals surface area contributed by atoms with Crippen molar-refractivity contribution in [1.29, 1.82) is 0 Å². The normalized spacial score (nSPS) is 13.9. The number of hydrogen-bond acceptors (Lipinski definition) is 22. The number of methoxy groups -OCH3 is 1. The molecule has 0 bridgehead atoms. The molecule has 2 heterocycles. The molecule has 2 aliphatic rings. The number of nitrogens with zero attached hydrogens (tertiary/aromatic N) is 5. The third-order valence-corrected chi connectivity index (χ3v) is 18.9. The number of aliphatic carboxylic acids is 2. The summed E-state index contributed by atoms with van der Waals surface area (Å²) in [6.45, 7) is 71.3. The molecule has 116 heavy (non-hydrogen) atoms. The maximum atomic E-state index is 11.8. The maximum absolute atomic E-state index is 11.8. The van der Waals surface area contributed by atoms with E-state index in [1.54, 1.807) is 0 Å². The van der Waals surface area contributed by atoms with Crippen molar-refractivity contribution >= 4 is 65.0 Å². The Kier molecular flexibility index (Phi) is 71.8.